The van der Waals surface area contributed by atoms with Gasteiger partial charge in [0, 0.05) is 12.6 Å². The van der Waals surface area contributed by atoms with Gasteiger partial charge in [-0.1, -0.05) is 35.5 Å². The molecule has 2 aromatic carbocycles. The summed E-state index contributed by atoms with van der Waals surface area (Å²) < 4.78 is 38.4. The first-order chi connectivity index (χ1) is 13.7. The molecule has 1 aliphatic rings. The molecule has 0 fully saturated rings. The Balaban J connectivity index is 1.53. The van der Waals surface area contributed by atoms with E-state index < -0.39 is 10.0 Å². The van der Waals surface area contributed by atoms with E-state index in [0.29, 0.717) is 5.82 Å². The highest BCUT2D eigenvalue weighted by Crippen LogP contribution is 2.34. The number of hydrogen-bond donors (Lipinski definition) is 0. The van der Waals surface area contributed by atoms with E-state index in [2.05, 4.69) is 10.1 Å². The van der Waals surface area contributed by atoms with Gasteiger partial charge in [-0.3, -0.25) is 0 Å². The largest absolute Gasteiger partial charge is 0.488 e. The molecule has 0 saturated heterocycles. The van der Waals surface area contributed by atoms with Crippen molar-refractivity contribution in [2.24, 2.45) is 0 Å². The highest BCUT2D eigenvalue weighted by molar-refractivity contribution is 7.89. The van der Waals surface area contributed by atoms with Crippen LogP contribution >= 0.6 is 0 Å². The minimum absolute atomic E-state index is 0.0111. The average Bonchev–Trinajstić information content (AvgIpc) is 3.16. The van der Waals surface area contributed by atoms with Crippen molar-refractivity contribution in [2.75, 3.05) is 7.05 Å². The van der Waals surface area contributed by atoms with Gasteiger partial charge in [-0.25, -0.2) is 8.42 Å². The molecule has 0 bridgehead atoms. The lowest BCUT2D eigenvalue weighted by Crippen LogP contribution is -2.33. The summed E-state index contributed by atoms with van der Waals surface area (Å²) in [4.78, 5) is 4.54. The molecule has 0 amide bonds. The number of ether oxygens (including phenoxy) is 1. The predicted molar refractivity (Wildman–Crippen MR) is 108 cm³/mol. The highest BCUT2D eigenvalue weighted by atomic mass is 32.2. The fourth-order valence-corrected chi connectivity index (χ4v) is 4.45. The van der Waals surface area contributed by atoms with Gasteiger partial charge in [0.2, 0.25) is 21.7 Å². The van der Waals surface area contributed by atoms with Gasteiger partial charge in [0.15, 0.2) is 0 Å². The van der Waals surface area contributed by atoms with Gasteiger partial charge in [-0.15, -0.1) is 0 Å². The Bertz CT molecular complexity index is 1120. The third-order valence-electron chi connectivity index (χ3n) is 4.98. The maximum atomic E-state index is 13.0. The predicted octanol–water partition coefficient (Wildman–Crippen LogP) is 3.66. The molecule has 29 heavy (non-hydrogen) atoms. The first-order valence-corrected chi connectivity index (χ1v) is 10.8. The lowest BCUT2D eigenvalue weighted by Gasteiger charge is -2.32. The summed E-state index contributed by atoms with van der Waals surface area (Å²) in [7, 11) is -2.20. The van der Waals surface area contributed by atoms with Gasteiger partial charge < -0.3 is 9.26 Å². The van der Waals surface area contributed by atoms with E-state index in [4.69, 9.17) is 9.26 Å². The fraction of sp³-hybridized carbons (Fsp3) is 0.333. The van der Waals surface area contributed by atoms with Crippen LogP contribution in [0.4, 0.5) is 0 Å². The minimum Gasteiger partial charge on any atom is -0.488 e. The topological polar surface area (TPSA) is 85.5 Å². The molecular formula is C21H23N3O4S. The second kappa shape index (κ2) is 7.27. The zero-order chi connectivity index (χ0) is 20.6. The zero-order valence-corrected chi connectivity index (χ0v) is 17.4. The molecule has 0 N–H and O–H groups in total. The molecule has 3 aromatic rings. The third-order valence-corrected chi connectivity index (χ3v) is 6.78. The molecule has 0 spiro atoms. The van der Waals surface area contributed by atoms with Crippen molar-refractivity contribution < 1.29 is 17.7 Å². The summed E-state index contributed by atoms with van der Waals surface area (Å²) in [5.74, 6) is 1.41. The van der Waals surface area contributed by atoms with Crippen LogP contribution in [0.3, 0.4) is 0 Å². The molecule has 152 valence electrons. The highest BCUT2D eigenvalue weighted by Gasteiger charge is 2.29. The molecule has 0 saturated carbocycles. The molecule has 0 unspecified atom stereocenters. The summed E-state index contributed by atoms with van der Waals surface area (Å²) >= 11 is 0. The Morgan fingerprint density at radius 3 is 2.66 bits per heavy atom. The van der Waals surface area contributed by atoms with Crippen LogP contribution in [0.5, 0.6) is 5.75 Å². The number of hydrogen-bond acceptors (Lipinski definition) is 6. The summed E-state index contributed by atoms with van der Waals surface area (Å²) in [5.41, 5.74) is 1.48. The molecule has 1 aliphatic heterocycles. The number of nitrogens with zero attached hydrogens (tertiary/aromatic N) is 3. The monoisotopic (exact) mass is 413 g/mol. The van der Waals surface area contributed by atoms with Gasteiger partial charge >= 0.3 is 0 Å². The van der Waals surface area contributed by atoms with Crippen molar-refractivity contribution in [3.63, 3.8) is 0 Å². The van der Waals surface area contributed by atoms with Crippen LogP contribution < -0.4 is 4.74 Å². The van der Waals surface area contributed by atoms with Crippen LogP contribution in [-0.2, 0) is 23.0 Å². The van der Waals surface area contributed by atoms with Crippen molar-refractivity contribution >= 4 is 10.0 Å². The second-order valence-electron chi connectivity index (χ2n) is 7.77. The van der Waals surface area contributed by atoms with Gasteiger partial charge in [0.25, 0.3) is 0 Å². The standard InChI is InChI=1S/C21H23N3O4S/c1-21(2)12-11-16-13-17(9-10-18(16)27-21)29(25,26)24(3)14-19-22-20(23-28-19)15-7-5-4-6-8-15/h4-10,13H,11-12,14H2,1-3H3. The van der Waals surface area contributed by atoms with Crippen molar-refractivity contribution in [2.45, 2.75) is 43.7 Å². The van der Waals surface area contributed by atoms with E-state index in [1.165, 1.54) is 11.4 Å². The molecule has 8 heteroatoms. The van der Waals surface area contributed by atoms with E-state index in [9.17, 15) is 8.42 Å². The number of fused-ring (bicyclic) bond motifs is 1. The van der Waals surface area contributed by atoms with E-state index in [1.807, 2.05) is 44.2 Å². The normalized spacial score (nSPS) is 15.7. The van der Waals surface area contributed by atoms with Crippen molar-refractivity contribution in [3.05, 3.63) is 60.0 Å². The molecule has 0 radical (unpaired) electrons. The second-order valence-corrected chi connectivity index (χ2v) is 9.81. The Morgan fingerprint density at radius 2 is 1.90 bits per heavy atom. The molecule has 1 aromatic heterocycles. The van der Waals surface area contributed by atoms with Crippen molar-refractivity contribution in [3.8, 4) is 17.1 Å². The van der Waals surface area contributed by atoms with Crippen LogP contribution in [0.1, 0.15) is 31.7 Å². The molecular weight excluding hydrogens is 390 g/mol. The number of aryl methyl sites for hydroxylation is 1. The molecule has 0 aliphatic carbocycles. The van der Waals surface area contributed by atoms with E-state index >= 15 is 0 Å². The van der Waals surface area contributed by atoms with Crippen molar-refractivity contribution in [1.82, 2.24) is 14.4 Å². The number of aromatic nitrogens is 2. The van der Waals surface area contributed by atoms with Gasteiger partial charge in [0.05, 0.1) is 11.4 Å². The molecule has 4 rings (SSSR count). The summed E-state index contributed by atoms with van der Waals surface area (Å²) in [6.45, 7) is 4.05. The van der Waals surface area contributed by atoms with E-state index in [0.717, 1.165) is 29.7 Å². The van der Waals surface area contributed by atoms with Gasteiger partial charge in [-0.2, -0.15) is 9.29 Å². The summed E-state index contributed by atoms with van der Waals surface area (Å²) in [5, 5.41) is 3.94. The number of benzene rings is 2. The molecule has 7 nitrogen and oxygen atoms in total. The minimum atomic E-state index is -3.70. The molecule has 2 heterocycles. The fourth-order valence-electron chi connectivity index (χ4n) is 3.27. The zero-order valence-electron chi connectivity index (χ0n) is 16.6. The Kier molecular flexibility index (Phi) is 4.92. The Morgan fingerprint density at radius 1 is 1.14 bits per heavy atom. The van der Waals surface area contributed by atoms with Crippen LogP contribution in [0.25, 0.3) is 11.4 Å². The smallest absolute Gasteiger partial charge is 0.243 e. The first kappa shape index (κ1) is 19.6. The first-order valence-electron chi connectivity index (χ1n) is 9.41. The number of sulfonamides is 1. The lowest BCUT2D eigenvalue weighted by atomic mass is 9.94. The van der Waals surface area contributed by atoms with Crippen molar-refractivity contribution in [1.29, 1.82) is 0 Å². The maximum absolute atomic E-state index is 13.0. The maximum Gasteiger partial charge on any atom is 0.243 e. The SMILES string of the molecule is CN(Cc1nc(-c2ccccc2)no1)S(=O)(=O)c1ccc2c(c1)CCC(C)(C)O2. The van der Waals surface area contributed by atoms with Crippen LogP contribution in [-0.4, -0.2) is 35.5 Å². The lowest BCUT2D eigenvalue weighted by molar-refractivity contribution is 0.0845. The Hall–Kier alpha value is -2.71. The summed E-state index contributed by atoms with van der Waals surface area (Å²) in [6.07, 6.45) is 1.61. The average molecular weight is 413 g/mol. The Labute approximate surface area is 170 Å². The quantitative estimate of drug-likeness (QED) is 0.635. The van der Waals surface area contributed by atoms with Gasteiger partial charge in [0.1, 0.15) is 11.4 Å². The number of rotatable bonds is 5. The van der Waals surface area contributed by atoms with E-state index in [1.54, 1.807) is 18.2 Å². The van der Waals surface area contributed by atoms with Crippen LogP contribution in [0.2, 0.25) is 0 Å². The van der Waals surface area contributed by atoms with Crippen LogP contribution in [0, 0.1) is 0 Å². The summed E-state index contributed by atoms with van der Waals surface area (Å²) in [6, 6.07) is 14.4. The van der Waals surface area contributed by atoms with E-state index in [-0.39, 0.29) is 22.9 Å². The van der Waals surface area contributed by atoms with Gasteiger partial charge in [-0.05, 0) is 50.5 Å². The third kappa shape index (κ3) is 4.04. The van der Waals surface area contributed by atoms with Crippen LogP contribution in [0.15, 0.2) is 57.9 Å². The molecule has 0 atom stereocenters.